The smallest absolute Gasteiger partial charge is 0.261 e. The third-order valence-corrected chi connectivity index (χ3v) is 6.12. The van der Waals surface area contributed by atoms with Crippen LogP contribution in [0, 0.1) is 0 Å². The minimum absolute atomic E-state index is 0.0228. The molecule has 2 aliphatic heterocycles. The summed E-state index contributed by atoms with van der Waals surface area (Å²) in [7, 11) is 1.58. The highest BCUT2D eigenvalue weighted by molar-refractivity contribution is 6.21. The molecule has 1 saturated heterocycles. The number of benzene rings is 2. The van der Waals surface area contributed by atoms with Gasteiger partial charge in [0.2, 0.25) is 5.91 Å². The van der Waals surface area contributed by atoms with Gasteiger partial charge in [0.1, 0.15) is 5.75 Å². The molecule has 33 heavy (non-hydrogen) atoms. The van der Waals surface area contributed by atoms with Crippen molar-refractivity contribution in [3.05, 3.63) is 65.2 Å². The van der Waals surface area contributed by atoms with Gasteiger partial charge in [-0.25, -0.2) is 0 Å². The van der Waals surface area contributed by atoms with Gasteiger partial charge in [0.15, 0.2) is 0 Å². The average Bonchev–Trinajstić information content (AvgIpc) is 3.01. The van der Waals surface area contributed by atoms with Crippen molar-refractivity contribution in [1.82, 2.24) is 14.7 Å². The normalized spacial score (nSPS) is 16.0. The van der Waals surface area contributed by atoms with E-state index in [2.05, 4.69) is 0 Å². The molecule has 172 valence electrons. The predicted molar refractivity (Wildman–Crippen MR) is 121 cm³/mol. The molecule has 0 saturated carbocycles. The van der Waals surface area contributed by atoms with Crippen LogP contribution in [0.1, 0.15) is 50.3 Å². The highest BCUT2D eigenvalue weighted by Gasteiger charge is 2.34. The number of fused-ring (bicyclic) bond motifs is 1. The number of nitrogens with zero attached hydrogens (tertiary/aromatic N) is 3. The highest BCUT2D eigenvalue weighted by atomic mass is 16.5. The number of hydrogen-bond acceptors (Lipinski definition) is 5. The Morgan fingerprint density at radius 1 is 0.848 bits per heavy atom. The third-order valence-electron chi connectivity index (χ3n) is 6.12. The Kier molecular flexibility index (Phi) is 6.72. The van der Waals surface area contributed by atoms with Gasteiger partial charge in [-0.05, 0) is 49.2 Å². The molecule has 1 fully saturated rings. The Balaban J connectivity index is 1.26. The van der Waals surface area contributed by atoms with Crippen LogP contribution in [-0.2, 0) is 4.79 Å². The minimum Gasteiger partial charge on any atom is -0.497 e. The minimum atomic E-state index is -0.300. The number of amides is 4. The van der Waals surface area contributed by atoms with Crippen LogP contribution < -0.4 is 4.74 Å². The van der Waals surface area contributed by atoms with E-state index in [1.807, 2.05) is 0 Å². The molecule has 8 heteroatoms. The van der Waals surface area contributed by atoms with Gasteiger partial charge in [0.25, 0.3) is 17.7 Å². The van der Waals surface area contributed by atoms with Gasteiger partial charge in [-0.3, -0.25) is 24.1 Å². The average molecular weight is 450 g/mol. The monoisotopic (exact) mass is 449 g/mol. The van der Waals surface area contributed by atoms with Crippen LogP contribution in [0.25, 0.3) is 0 Å². The molecule has 0 bridgehead atoms. The summed E-state index contributed by atoms with van der Waals surface area (Å²) < 4.78 is 5.14. The molecule has 4 rings (SSSR count). The van der Waals surface area contributed by atoms with E-state index in [-0.39, 0.29) is 36.6 Å². The molecule has 0 radical (unpaired) electrons. The van der Waals surface area contributed by atoms with Crippen LogP contribution in [0.3, 0.4) is 0 Å². The van der Waals surface area contributed by atoms with Crippen LogP contribution in [0.5, 0.6) is 5.75 Å². The molecule has 8 nitrogen and oxygen atoms in total. The van der Waals surface area contributed by atoms with Gasteiger partial charge in [-0.15, -0.1) is 0 Å². The fourth-order valence-corrected chi connectivity index (χ4v) is 4.27. The van der Waals surface area contributed by atoms with Crippen LogP contribution in [0.2, 0.25) is 0 Å². The lowest BCUT2D eigenvalue weighted by molar-refractivity contribution is -0.131. The van der Waals surface area contributed by atoms with Crippen molar-refractivity contribution in [1.29, 1.82) is 0 Å². The molecule has 2 aliphatic rings. The third kappa shape index (κ3) is 4.74. The van der Waals surface area contributed by atoms with Crippen LogP contribution in [0.4, 0.5) is 0 Å². The van der Waals surface area contributed by atoms with E-state index in [9.17, 15) is 19.2 Å². The SMILES string of the molecule is COc1ccc(C(=O)N2CCCN(C(=O)CCCN3C(=O)c4ccccc4C3=O)CC2)cc1. The lowest BCUT2D eigenvalue weighted by atomic mass is 10.1. The predicted octanol–water partition coefficient (Wildman–Crippen LogP) is 2.45. The van der Waals surface area contributed by atoms with Crippen molar-refractivity contribution >= 4 is 23.6 Å². The largest absolute Gasteiger partial charge is 0.497 e. The Bertz CT molecular complexity index is 1030. The van der Waals surface area contributed by atoms with Gasteiger partial charge in [0.05, 0.1) is 18.2 Å². The first-order valence-electron chi connectivity index (χ1n) is 11.2. The van der Waals surface area contributed by atoms with Crippen molar-refractivity contribution in [2.45, 2.75) is 19.3 Å². The van der Waals surface area contributed by atoms with Crippen LogP contribution >= 0.6 is 0 Å². The Morgan fingerprint density at radius 2 is 1.45 bits per heavy atom. The van der Waals surface area contributed by atoms with E-state index >= 15 is 0 Å². The van der Waals surface area contributed by atoms with E-state index < -0.39 is 0 Å². The molecule has 0 unspecified atom stereocenters. The lowest BCUT2D eigenvalue weighted by Crippen LogP contribution is -2.37. The molecule has 2 aromatic carbocycles. The summed E-state index contributed by atoms with van der Waals surface area (Å²) >= 11 is 0. The van der Waals surface area contributed by atoms with Crippen molar-refractivity contribution in [2.75, 3.05) is 39.8 Å². The number of hydrogen-bond donors (Lipinski definition) is 0. The van der Waals surface area contributed by atoms with E-state index in [1.165, 1.54) is 4.90 Å². The fraction of sp³-hybridized carbons (Fsp3) is 0.360. The van der Waals surface area contributed by atoms with Crippen LogP contribution in [-0.4, -0.2) is 78.2 Å². The number of methoxy groups -OCH3 is 1. The molecule has 0 spiro atoms. The summed E-state index contributed by atoms with van der Waals surface area (Å²) in [5, 5.41) is 0. The molecule has 2 heterocycles. The Labute approximate surface area is 192 Å². The summed E-state index contributed by atoms with van der Waals surface area (Å²) in [6.45, 7) is 2.32. The van der Waals surface area contributed by atoms with Gasteiger partial charge >= 0.3 is 0 Å². The lowest BCUT2D eigenvalue weighted by Gasteiger charge is -2.23. The molecular formula is C25H27N3O5. The first kappa shape index (κ1) is 22.5. The van der Waals surface area contributed by atoms with Gasteiger partial charge in [-0.2, -0.15) is 0 Å². The van der Waals surface area contributed by atoms with Gasteiger partial charge in [-0.1, -0.05) is 12.1 Å². The van der Waals surface area contributed by atoms with E-state index in [0.717, 1.165) is 0 Å². The maximum absolute atomic E-state index is 12.8. The second kappa shape index (κ2) is 9.85. The zero-order valence-corrected chi connectivity index (χ0v) is 18.7. The summed E-state index contributed by atoms with van der Waals surface area (Å²) in [5.74, 6) is 0.0133. The zero-order valence-electron chi connectivity index (χ0n) is 18.7. The van der Waals surface area contributed by atoms with Crippen LogP contribution in [0.15, 0.2) is 48.5 Å². The summed E-state index contributed by atoms with van der Waals surface area (Å²) in [6.07, 6.45) is 1.36. The summed E-state index contributed by atoms with van der Waals surface area (Å²) in [5.41, 5.74) is 1.43. The molecule has 0 aromatic heterocycles. The highest BCUT2D eigenvalue weighted by Crippen LogP contribution is 2.23. The molecule has 0 aliphatic carbocycles. The maximum Gasteiger partial charge on any atom is 0.261 e. The zero-order chi connectivity index (χ0) is 23.4. The van der Waals surface area contributed by atoms with E-state index in [1.54, 1.807) is 65.4 Å². The second-order valence-electron chi connectivity index (χ2n) is 8.17. The van der Waals surface area contributed by atoms with Gasteiger partial charge < -0.3 is 14.5 Å². The van der Waals surface area contributed by atoms with E-state index in [4.69, 9.17) is 4.74 Å². The number of rotatable bonds is 6. The summed E-state index contributed by atoms with van der Waals surface area (Å²) in [6, 6.07) is 13.8. The van der Waals surface area contributed by atoms with Crippen molar-refractivity contribution in [3.63, 3.8) is 0 Å². The van der Waals surface area contributed by atoms with Crippen molar-refractivity contribution in [3.8, 4) is 5.75 Å². The van der Waals surface area contributed by atoms with Crippen molar-refractivity contribution in [2.24, 2.45) is 0 Å². The topological polar surface area (TPSA) is 87.2 Å². The molecule has 4 amide bonds. The standard InChI is InChI=1S/C25H27N3O5/c1-33-19-11-9-18(10-12-19)23(30)27-14-5-13-26(16-17-27)22(29)8-4-15-28-24(31)20-6-2-3-7-21(20)25(28)32/h2-3,6-7,9-12H,4-5,8,13-17H2,1H3. The molecule has 0 N–H and O–H groups in total. The molecule has 0 atom stereocenters. The first-order chi connectivity index (χ1) is 16.0. The second-order valence-corrected chi connectivity index (χ2v) is 8.17. The van der Waals surface area contributed by atoms with E-state index in [0.29, 0.717) is 61.5 Å². The molecular weight excluding hydrogens is 422 g/mol. The van der Waals surface area contributed by atoms with Gasteiger partial charge in [0, 0.05) is 44.7 Å². The fourth-order valence-electron chi connectivity index (χ4n) is 4.27. The number of carbonyl (C=O) groups is 4. The quantitative estimate of drug-likeness (QED) is 0.633. The number of imide groups is 1. The molecule has 2 aromatic rings. The number of carbonyl (C=O) groups excluding carboxylic acids is 4. The first-order valence-corrected chi connectivity index (χ1v) is 11.2. The van der Waals surface area contributed by atoms with Crippen molar-refractivity contribution < 1.29 is 23.9 Å². The maximum atomic E-state index is 12.8. The summed E-state index contributed by atoms with van der Waals surface area (Å²) in [4.78, 5) is 55.2. The Morgan fingerprint density at radius 3 is 2.09 bits per heavy atom. The Hall–Kier alpha value is -3.68. The number of ether oxygens (including phenoxy) is 1.